The number of rotatable bonds is 2. The number of carboxylic acid groups (broad SMARTS) is 1. The molecular weight excluding hydrogens is 156 g/mol. The monoisotopic (exact) mass is 170 g/mol. The molecule has 1 aliphatic carbocycles. The molecule has 0 aliphatic heterocycles. The summed E-state index contributed by atoms with van der Waals surface area (Å²) in [5.41, 5.74) is -0.277. The molecule has 0 heterocycles. The number of hydrogen-bond donors (Lipinski definition) is 1. The van der Waals surface area contributed by atoms with Gasteiger partial charge >= 0.3 is 5.97 Å². The van der Waals surface area contributed by atoms with Crippen LogP contribution < -0.4 is 0 Å². The van der Waals surface area contributed by atoms with Crippen LogP contribution in [0.1, 0.15) is 39.0 Å². The predicted molar refractivity (Wildman–Crippen MR) is 43.8 cm³/mol. The third-order valence-electron chi connectivity index (χ3n) is 2.44. The molecule has 1 aliphatic rings. The van der Waals surface area contributed by atoms with Crippen LogP contribution in [0.4, 0.5) is 0 Å². The summed E-state index contributed by atoms with van der Waals surface area (Å²) < 4.78 is 0. The van der Waals surface area contributed by atoms with Gasteiger partial charge in [-0.25, -0.2) is 0 Å². The Kier molecular flexibility index (Phi) is 2.50. The van der Waals surface area contributed by atoms with Crippen LogP contribution in [0.15, 0.2) is 0 Å². The number of hydrogen-bond acceptors (Lipinski definition) is 2. The number of carbonyl (C=O) groups excluding carboxylic acids is 1. The molecular formula is C9H14O3. The predicted octanol–water partition coefficient (Wildman–Crippen LogP) is 1.61. The SMILES string of the molecule is C[C@]1(CC(=O)O)CCCC(=O)C1. The minimum atomic E-state index is -0.799. The van der Waals surface area contributed by atoms with E-state index >= 15 is 0 Å². The standard InChI is InChI=1S/C9H14O3/c1-9(6-8(11)12)4-2-3-7(10)5-9/h2-6H2,1H3,(H,11,12)/t9-/m0/s1. The summed E-state index contributed by atoms with van der Waals surface area (Å²) in [5, 5.41) is 8.61. The molecule has 0 aromatic rings. The van der Waals surface area contributed by atoms with Crippen molar-refractivity contribution in [2.24, 2.45) is 5.41 Å². The number of ketones is 1. The first kappa shape index (κ1) is 9.23. The van der Waals surface area contributed by atoms with Crippen LogP contribution in [0.5, 0.6) is 0 Å². The minimum absolute atomic E-state index is 0.124. The van der Waals surface area contributed by atoms with Gasteiger partial charge in [0.25, 0.3) is 0 Å². The lowest BCUT2D eigenvalue weighted by Gasteiger charge is -2.30. The summed E-state index contributed by atoms with van der Waals surface area (Å²) in [7, 11) is 0. The van der Waals surface area contributed by atoms with Gasteiger partial charge in [-0.2, -0.15) is 0 Å². The fourth-order valence-electron chi connectivity index (χ4n) is 1.88. The first-order valence-electron chi connectivity index (χ1n) is 4.25. The van der Waals surface area contributed by atoms with E-state index in [2.05, 4.69) is 0 Å². The van der Waals surface area contributed by atoms with Gasteiger partial charge in [-0.05, 0) is 18.3 Å². The van der Waals surface area contributed by atoms with Crippen molar-refractivity contribution in [3.63, 3.8) is 0 Å². The first-order chi connectivity index (χ1) is 5.52. The van der Waals surface area contributed by atoms with Gasteiger partial charge in [0.05, 0.1) is 6.42 Å². The van der Waals surface area contributed by atoms with Gasteiger partial charge in [-0.3, -0.25) is 9.59 Å². The second-order valence-electron chi connectivity index (χ2n) is 3.95. The highest BCUT2D eigenvalue weighted by atomic mass is 16.4. The van der Waals surface area contributed by atoms with Gasteiger partial charge in [-0.15, -0.1) is 0 Å². The quantitative estimate of drug-likeness (QED) is 0.685. The highest BCUT2D eigenvalue weighted by molar-refractivity contribution is 5.80. The van der Waals surface area contributed by atoms with E-state index in [9.17, 15) is 9.59 Å². The fraction of sp³-hybridized carbons (Fsp3) is 0.778. The lowest BCUT2D eigenvalue weighted by Crippen LogP contribution is -2.28. The average Bonchev–Trinajstić information content (AvgIpc) is 1.82. The van der Waals surface area contributed by atoms with Crippen LogP contribution in [0.25, 0.3) is 0 Å². The molecule has 1 fully saturated rings. The van der Waals surface area contributed by atoms with Crippen molar-refractivity contribution in [3.05, 3.63) is 0 Å². The van der Waals surface area contributed by atoms with Crippen molar-refractivity contribution in [1.82, 2.24) is 0 Å². The van der Waals surface area contributed by atoms with E-state index in [4.69, 9.17) is 5.11 Å². The summed E-state index contributed by atoms with van der Waals surface area (Å²) in [5.74, 6) is -0.586. The molecule has 1 atom stereocenters. The molecule has 0 spiro atoms. The Labute approximate surface area is 71.8 Å². The number of Topliss-reactive ketones (excluding diaryl/α,β-unsaturated/α-hetero) is 1. The Morgan fingerprint density at radius 2 is 2.33 bits per heavy atom. The number of carbonyl (C=O) groups is 2. The van der Waals surface area contributed by atoms with Gasteiger partial charge in [0.1, 0.15) is 5.78 Å². The molecule has 0 bridgehead atoms. The molecule has 0 aromatic heterocycles. The molecule has 3 heteroatoms. The van der Waals surface area contributed by atoms with E-state index in [1.807, 2.05) is 6.92 Å². The smallest absolute Gasteiger partial charge is 0.303 e. The van der Waals surface area contributed by atoms with Crippen LogP contribution in [0.2, 0.25) is 0 Å². The van der Waals surface area contributed by atoms with Crippen LogP contribution in [0.3, 0.4) is 0 Å². The summed E-state index contributed by atoms with van der Waals surface area (Å²) in [6.45, 7) is 1.89. The number of carboxylic acids is 1. The molecule has 1 N–H and O–H groups in total. The largest absolute Gasteiger partial charge is 0.481 e. The Balaban J connectivity index is 2.57. The average molecular weight is 170 g/mol. The van der Waals surface area contributed by atoms with E-state index < -0.39 is 5.97 Å². The van der Waals surface area contributed by atoms with E-state index in [1.165, 1.54) is 0 Å². The Hall–Kier alpha value is -0.860. The molecule has 0 aromatic carbocycles. The van der Waals surface area contributed by atoms with Crippen LogP contribution >= 0.6 is 0 Å². The second-order valence-corrected chi connectivity index (χ2v) is 3.95. The van der Waals surface area contributed by atoms with Gasteiger partial charge in [0, 0.05) is 12.8 Å². The number of aliphatic carboxylic acids is 1. The van der Waals surface area contributed by atoms with Gasteiger partial charge in [0.15, 0.2) is 0 Å². The van der Waals surface area contributed by atoms with Gasteiger partial charge in [0.2, 0.25) is 0 Å². The maximum Gasteiger partial charge on any atom is 0.303 e. The first-order valence-corrected chi connectivity index (χ1v) is 4.25. The van der Waals surface area contributed by atoms with E-state index in [-0.39, 0.29) is 17.6 Å². The van der Waals surface area contributed by atoms with Crippen LogP contribution in [-0.4, -0.2) is 16.9 Å². The summed E-state index contributed by atoms with van der Waals surface area (Å²) in [6.07, 6.45) is 2.92. The maximum atomic E-state index is 11.1. The van der Waals surface area contributed by atoms with Gasteiger partial charge < -0.3 is 5.11 Å². The Bertz CT molecular complexity index is 206. The zero-order valence-electron chi connectivity index (χ0n) is 7.30. The molecule has 0 saturated heterocycles. The van der Waals surface area contributed by atoms with Crippen molar-refractivity contribution < 1.29 is 14.7 Å². The van der Waals surface area contributed by atoms with Crippen molar-refractivity contribution >= 4 is 11.8 Å². The lowest BCUT2D eigenvalue weighted by molar-refractivity contribution is -0.140. The van der Waals surface area contributed by atoms with E-state index in [0.717, 1.165) is 12.8 Å². The Morgan fingerprint density at radius 3 is 2.83 bits per heavy atom. The molecule has 1 saturated carbocycles. The molecule has 3 nitrogen and oxygen atoms in total. The van der Waals surface area contributed by atoms with E-state index in [0.29, 0.717) is 12.8 Å². The molecule has 0 unspecified atom stereocenters. The second kappa shape index (κ2) is 3.25. The molecule has 1 rings (SSSR count). The van der Waals surface area contributed by atoms with Gasteiger partial charge in [-0.1, -0.05) is 6.92 Å². The highest BCUT2D eigenvalue weighted by Gasteiger charge is 2.32. The normalized spacial score (nSPS) is 30.2. The molecule has 0 radical (unpaired) electrons. The third-order valence-corrected chi connectivity index (χ3v) is 2.44. The zero-order valence-corrected chi connectivity index (χ0v) is 7.30. The zero-order chi connectivity index (χ0) is 9.19. The third kappa shape index (κ3) is 2.32. The molecule has 68 valence electrons. The van der Waals surface area contributed by atoms with Crippen LogP contribution in [-0.2, 0) is 9.59 Å². The van der Waals surface area contributed by atoms with Crippen molar-refractivity contribution in [1.29, 1.82) is 0 Å². The van der Waals surface area contributed by atoms with Crippen molar-refractivity contribution in [2.75, 3.05) is 0 Å². The maximum absolute atomic E-state index is 11.1. The minimum Gasteiger partial charge on any atom is -0.481 e. The highest BCUT2D eigenvalue weighted by Crippen LogP contribution is 2.36. The van der Waals surface area contributed by atoms with E-state index in [1.54, 1.807) is 0 Å². The van der Waals surface area contributed by atoms with Crippen LogP contribution in [0, 0.1) is 5.41 Å². The lowest BCUT2D eigenvalue weighted by atomic mass is 9.73. The summed E-state index contributed by atoms with van der Waals surface area (Å²) in [6, 6.07) is 0. The fourth-order valence-corrected chi connectivity index (χ4v) is 1.88. The van der Waals surface area contributed by atoms with Crippen molar-refractivity contribution in [2.45, 2.75) is 39.0 Å². The summed E-state index contributed by atoms with van der Waals surface area (Å²) in [4.78, 5) is 21.5. The Morgan fingerprint density at radius 1 is 1.67 bits per heavy atom. The van der Waals surface area contributed by atoms with Crippen molar-refractivity contribution in [3.8, 4) is 0 Å². The molecule has 0 amide bonds. The summed E-state index contributed by atoms with van der Waals surface area (Å²) >= 11 is 0. The topological polar surface area (TPSA) is 54.4 Å². The molecule has 12 heavy (non-hydrogen) atoms.